The molecule has 0 bridgehead atoms. The average molecular weight is 228 g/mol. The fourth-order valence-corrected chi connectivity index (χ4v) is 1.92. The van der Waals surface area contributed by atoms with Gasteiger partial charge in [-0.15, -0.1) is 11.8 Å². The van der Waals surface area contributed by atoms with Gasteiger partial charge in [-0.1, -0.05) is 0 Å². The van der Waals surface area contributed by atoms with Gasteiger partial charge in [0.25, 0.3) is 0 Å². The van der Waals surface area contributed by atoms with Crippen LogP contribution in [0.2, 0.25) is 0 Å². The lowest BCUT2D eigenvalue weighted by Crippen LogP contribution is -2.22. The highest BCUT2D eigenvalue weighted by Gasteiger charge is 1.99. The van der Waals surface area contributed by atoms with Crippen molar-refractivity contribution in [2.45, 2.75) is 11.8 Å². The molecule has 0 saturated heterocycles. The summed E-state index contributed by atoms with van der Waals surface area (Å²) >= 11 is 1.46. The van der Waals surface area contributed by atoms with Crippen molar-refractivity contribution in [3.8, 4) is 0 Å². The third kappa shape index (κ3) is 4.69. The van der Waals surface area contributed by atoms with Crippen molar-refractivity contribution >= 4 is 23.4 Å². The number of hydrogen-bond acceptors (Lipinski definition) is 3. The third-order valence-electron chi connectivity index (χ3n) is 1.64. The molecule has 82 valence electrons. The number of amides is 1. The molecule has 1 rings (SSSR count). The number of halogens is 1. The van der Waals surface area contributed by atoms with E-state index in [1.165, 1.54) is 30.8 Å². The van der Waals surface area contributed by atoms with Gasteiger partial charge in [0.1, 0.15) is 5.82 Å². The minimum atomic E-state index is -0.336. The molecule has 0 radical (unpaired) electrons. The highest BCUT2D eigenvalue weighted by molar-refractivity contribution is 7.99. The molecule has 0 heterocycles. The molecular formula is C10H13FN2OS. The Morgan fingerprint density at radius 2 is 2.27 bits per heavy atom. The summed E-state index contributed by atoms with van der Waals surface area (Å²) in [5, 5.41) is 2.66. The first-order valence-electron chi connectivity index (χ1n) is 4.51. The van der Waals surface area contributed by atoms with Crippen LogP contribution in [0.15, 0.2) is 23.1 Å². The van der Waals surface area contributed by atoms with Crippen LogP contribution in [0.1, 0.15) is 6.92 Å². The topological polar surface area (TPSA) is 55.1 Å². The molecule has 0 spiro atoms. The summed E-state index contributed by atoms with van der Waals surface area (Å²) in [6.45, 7) is 2.03. The summed E-state index contributed by atoms with van der Waals surface area (Å²) in [7, 11) is 0. The Bertz CT molecular complexity index is 337. The predicted octanol–water partition coefficient (Wildman–Crippen LogP) is 1.64. The number of thioether (sulfide) groups is 1. The van der Waals surface area contributed by atoms with Crippen molar-refractivity contribution in [1.29, 1.82) is 0 Å². The number of hydrogen-bond donors (Lipinski definition) is 2. The number of benzene rings is 1. The Hall–Kier alpha value is -1.23. The van der Waals surface area contributed by atoms with Gasteiger partial charge < -0.3 is 11.1 Å². The smallest absolute Gasteiger partial charge is 0.216 e. The number of carbonyl (C=O) groups is 1. The number of nitrogens with one attached hydrogen (secondary N) is 1. The van der Waals surface area contributed by atoms with Crippen LogP contribution in [0.4, 0.5) is 10.1 Å². The van der Waals surface area contributed by atoms with Crippen LogP contribution >= 0.6 is 11.8 Å². The summed E-state index contributed by atoms with van der Waals surface area (Å²) < 4.78 is 12.9. The van der Waals surface area contributed by atoms with E-state index in [1.54, 1.807) is 6.07 Å². The summed E-state index contributed by atoms with van der Waals surface area (Å²) in [5.41, 5.74) is 5.90. The van der Waals surface area contributed by atoms with Crippen molar-refractivity contribution in [3.05, 3.63) is 24.0 Å². The van der Waals surface area contributed by atoms with Gasteiger partial charge in [-0.25, -0.2) is 4.39 Å². The molecule has 0 aromatic heterocycles. The van der Waals surface area contributed by atoms with Gasteiger partial charge in [0, 0.05) is 29.8 Å². The molecular weight excluding hydrogens is 215 g/mol. The minimum absolute atomic E-state index is 0.0608. The first-order chi connectivity index (χ1) is 7.08. The summed E-state index contributed by atoms with van der Waals surface area (Å²) in [6, 6.07) is 4.41. The lowest BCUT2D eigenvalue weighted by Gasteiger charge is -2.03. The zero-order chi connectivity index (χ0) is 11.3. The second kappa shape index (κ2) is 5.60. The first kappa shape index (κ1) is 11.8. The summed E-state index contributed by atoms with van der Waals surface area (Å²) in [4.78, 5) is 11.3. The van der Waals surface area contributed by atoms with Gasteiger partial charge in [-0.2, -0.15) is 0 Å². The van der Waals surface area contributed by atoms with Crippen LogP contribution < -0.4 is 11.1 Å². The Morgan fingerprint density at radius 1 is 1.53 bits per heavy atom. The number of rotatable bonds is 4. The second-order valence-electron chi connectivity index (χ2n) is 3.05. The molecule has 3 nitrogen and oxygen atoms in total. The molecule has 0 aliphatic rings. The maximum atomic E-state index is 12.9. The van der Waals surface area contributed by atoms with E-state index in [-0.39, 0.29) is 11.7 Å². The molecule has 1 aromatic carbocycles. The maximum absolute atomic E-state index is 12.9. The number of nitrogen functional groups attached to an aromatic ring is 1. The van der Waals surface area contributed by atoms with E-state index in [2.05, 4.69) is 5.32 Å². The van der Waals surface area contributed by atoms with Gasteiger partial charge in [0.05, 0.1) is 0 Å². The molecule has 0 aliphatic carbocycles. The van der Waals surface area contributed by atoms with Crippen LogP contribution in [0.25, 0.3) is 0 Å². The van der Waals surface area contributed by atoms with Gasteiger partial charge in [0.2, 0.25) is 5.91 Å². The standard InChI is InChI=1S/C10H13FN2OS/c1-7(14)13-2-3-15-10-5-8(11)4-9(12)6-10/h4-6H,2-3,12H2,1H3,(H,13,14). The molecule has 0 fully saturated rings. The molecule has 0 atom stereocenters. The monoisotopic (exact) mass is 228 g/mol. The largest absolute Gasteiger partial charge is 0.399 e. The van der Waals surface area contributed by atoms with Crippen molar-refractivity contribution in [2.75, 3.05) is 18.0 Å². The van der Waals surface area contributed by atoms with Crippen LogP contribution in [0.3, 0.4) is 0 Å². The fourth-order valence-electron chi connectivity index (χ4n) is 1.06. The Balaban J connectivity index is 2.40. The highest BCUT2D eigenvalue weighted by atomic mass is 32.2. The van der Waals surface area contributed by atoms with Gasteiger partial charge in [-0.05, 0) is 18.2 Å². The Labute approximate surface area is 92.2 Å². The zero-order valence-electron chi connectivity index (χ0n) is 8.42. The lowest BCUT2D eigenvalue weighted by atomic mass is 10.3. The van der Waals surface area contributed by atoms with Gasteiger partial charge in [-0.3, -0.25) is 4.79 Å². The normalized spacial score (nSPS) is 10.0. The highest BCUT2D eigenvalue weighted by Crippen LogP contribution is 2.21. The molecule has 1 amide bonds. The molecule has 3 N–H and O–H groups in total. The van der Waals surface area contributed by atoms with Crippen LogP contribution in [0.5, 0.6) is 0 Å². The number of carbonyl (C=O) groups excluding carboxylic acids is 1. The summed E-state index contributed by atoms with van der Waals surface area (Å²) in [5.74, 6) is 0.300. The number of nitrogens with two attached hydrogens (primary N) is 1. The van der Waals surface area contributed by atoms with Crippen molar-refractivity contribution in [2.24, 2.45) is 0 Å². The Kier molecular flexibility index (Phi) is 4.42. The first-order valence-corrected chi connectivity index (χ1v) is 5.50. The van der Waals surface area contributed by atoms with E-state index >= 15 is 0 Å². The maximum Gasteiger partial charge on any atom is 0.216 e. The molecule has 1 aromatic rings. The zero-order valence-corrected chi connectivity index (χ0v) is 9.23. The van der Waals surface area contributed by atoms with Crippen LogP contribution in [0, 0.1) is 5.82 Å². The van der Waals surface area contributed by atoms with E-state index in [0.29, 0.717) is 18.0 Å². The molecule has 0 aliphatic heterocycles. The quantitative estimate of drug-likeness (QED) is 0.468. The average Bonchev–Trinajstić information content (AvgIpc) is 2.10. The predicted molar refractivity (Wildman–Crippen MR) is 60.2 cm³/mol. The second-order valence-corrected chi connectivity index (χ2v) is 4.22. The van der Waals surface area contributed by atoms with E-state index in [0.717, 1.165) is 4.90 Å². The lowest BCUT2D eigenvalue weighted by molar-refractivity contribution is -0.118. The number of anilines is 1. The van der Waals surface area contributed by atoms with Gasteiger partial charge >= 0.3 is 0 Å². The van der Waals surface area contributed by atoms with Crippen molar-refractivity contribution < 1.29 is 9.18 Å². The van der Waals surface area contributed by atoms with E-state index < -0.39 is 0 Å². The molecule has 0 saturated carbocycles. The summed E-state index contributed by atoms with van der Waals surface area (Å²) in [6.07, 6.45) is 0. The van der Waals surface area contributed by atoms with E-state index in [9.17, 15) is 9.18 Å². The van der Waals surface area contributed by atoms with Gasteiger partial charge in [0.15, 0.2) is 0 Å². The van der Waals surface area contributed by atoms with Crippen molar-refractivity contribution in [3.63, 3.8) is 0 Å². The van der Waals surface area contributed by atoms with E-state index in [1.807, 2.05) is 0 Å². The molecule has 5 heteroatoms. The van der Waals surface area contributed by atoms with Crippen LogP contribution in [-0.2, 0) is 4.79 Å². The molecule has 15 heavy (non-hydrogen) atoms. The Morgan fingerprint density at radius 3 is 2.87 bits per heavy atom. The van der Waals surface area contributed by atoms with Crippen molar-refractivity contribution in [1.82, 2.24) is 5.32 Å². The third-order valence-corrected chi connectivity index (χ3v) is 2.62. The van der Waals surface area contributed by atoms with Crippen LogP contribution in [-0.4, -0.2) is 18.2 Å². The SMILES string of the molecule is CC(=O)NCCSc1cc(N)cc(F)c1. The minimum Gasteiger partial charge on any atom is -0.399 e. The molecule has 0 unspecified atom stereocenters. The van der Waals surface area contributed by atoms with E-state index in [4.69, 9.17) is 5.73 Å². The fraction of sp³-hybridized carbons (Fsp3) is 0.300.